The van der Waals surface area contributed by atoms with Gasteiger partial charge < -0.3 is 4.74 Å². The third-order valence-corrected chi connectivity index (χ3v) is 5.60. The minimum absolute atomic E-state index is 0.0893. The molecule has 1 nitrogen and oxygen atoms in total. The van der Waals surface area contributed by atoms with Crippen molar-refractivity contribution in [3.8, 4) is 0 Å². The van der Waals surface area contributed by atoms with Gasteiger partial charge in [0.2, 0.25) is 0 Å². The summed E-state index contributed by atoms with van der Waals surface area (Å²) < 4.78 is 6.07. The second-order valence-electron chi connectivity index (χ2n) is 4.59. The summed E-state index contributed by atoms with van der Waals surface area (Å²) in [6, 6.07) is 0.429. The van der Waals surface area contributed by atoms with E-state index in [4.69, 9.17) is 4.74 Å². The van der Waals surface area contributed by atoms with Gasteiger partial charge in [0.05, 0.1) is 5.60 Å². The summed E-state index contributed by atoms with van der Waals surface area (Å²) in [7, 11) is 2.21. The van der Waals surface area contributed by atoms with E-state index in [0.29, 0.717) is 17.2 Å². The largest absolute Gasteiger partial charge is 0.378 e. The second kappa shape index (κ2) is 3.39. The molecular weight excluding hydrogens is 199 g/mol. The van der Waals surface area contributed by atoms with Crippen LogP contribution in [0.3, 0.4) is 0 Å². The molecule has 0 saturated carbocycles. The number of ether oxygens (including phenoxy) is 1. The maximum Gasteiger partial charge on any atom is 0.140 e. The maximum atomic E-state index is 6.07. The Morgan fingerprint density at radius 3 is 2.77 bits per heavy atom. The lowest BCUT2D eigenvalue weighted by Gasteiger charge is -2.31. The minimum Gasteiger partial charge on any atom is -0.378 e. The Balaban J connectivity index is 2.26. The highest BCUT2D eigenvalue weighted by Crippen LogP contribution is 2.54. The van der Waals surface area contributed by atoms with Gasteiger partial charge in [0, 0.05) is 28.7 Å². The first-order valence-corrected chi connectivity index (χ1v) is 6.69. The molecule has 74 valence electrons. The zero-order valence-corrected chi connectivity index (χ0v) is 10.2. The van der Waals surface area contributed by atoms with E-state index in [-0.39, 0.29) is 5.60 Å². The van der Waals surface area contributed by atoms with E-state index in [1.165, 1.54) is 0 Å². The van der Waals surface area contributed by atoms with E-state index in [9.17, 15) is 0 Å². The third-order valence-electron chi connectivity index (χ3n) is 3.35. The highest BCUT2D eigenvalue weighted by molar-refractivity contribution is 8.00. The van der Waals surface area contributed by atoms with Crippen LogP contribution in [-0.2, 0) is 4.74 Å². The van der Waals surface area contributed by atoms with Crippen molar-refractivity contribution < 1.29 is 4.74 Å². The predicted molar refractivity (Wildman–Crippen MR) is 64.6 cm³/mol. The average Bonchev–Trinajstić information content (AvgIpc) is 2.56. The quantitative estimate of drug-likeness (QED) is 0.545. The Labute approximate surface area is 91.2 Å². The number of thioether (sulfide) groups is 1. The normalized spacial score (nSPS) is 49.1. The smallest absolute Gasteiger partial charge is 0.140 e. The van der Waals surface area contributed by atoms with Gasteiger partial charge in [0.1, 0.15) is 7.85 Å². The Morgan fingerprint density at radius 1 is 1.69 bits per heavy atom. The topological polar surface area (TPSA) is 9.23 Å². The lowest BCUT2D eigenvalue weighted by molar-refractivity contribution is -0.00479. The number of hydrogen-bond donors (Lipinski definition) is 1. The Hall–Kier alpha value is 0.725. The monoisotopic (exact) mass is 216 g/mol. The van der Waals surface area contributed by atoms with Crippen molar-refractivity contribution >= 4 is 32.2 Å². The molecule has 2 saturated heterocycles. The van der Waals surface area contributed by atoms with Gasteiger partial charge in [0.15, 0.2) is 0 Å². The van der Waals surface area contributed by atoms with Gasteiger partial charge >= 0.3 is 0 Å². The van der Waals surface area contributed by atoms with Gasteiger partial charge in [0.25, 0.3) is 0 Å². The van der Waals surface area contributed by atoms with Crippen LogP contribution in [0.1, 0.15) is 13.8 Å². The molecule has 2 fully saturated rings. The first-order valence-electron chi connectivity index (χ1n) is 5.01. The molecule has 0 radical (unpaired) electrons. The van der Waals surface area contributed by atoms with Gasteiger partial charge in [-0.1, -0.05) is 13.8 Å². The predicted octanol–water partition coefficient (Wildman–Crippen LogP) is 1.03. The van der Waals surface area contributed by atoms with Crippen LogP contribution in [0.4, 0.5) is 0 Å². The minimum atomic E-state index is 0.0893. The summed E-state index contributed by atoms with van der Waals surface area (Å²) in [6.45, 7) is 4.62. The molecule has 0 aromatic rings. The molecule has 0 amide bonds. The highest BCUT2D eigenvalue weighted by Gasteiger charge is 2.58. The van der Waals surface area contributed by atoms with Crippen molar-refractivity contribution in [2.45, 2.75) is 30.7 Å². The second-order valence-corrected chi connectivity index (χ2v) is 6.07. The molecule has 4 atom stereocenters. The van der Waals surface area contributed by atoms with Crippen LogP contribution in [-0.4, -0.2) is 36.2 Å². The van der Waals surface area contributed by atoms with Gasteiger partial charge in [-0.25, -0.2) is 0 Å². The van der Waals surface area contributed by atoms with Crippen LogP contribution in [0.5, 0.6) is 0 Å². The van der Waals surface area contributed by atoms with E-state index < -0.39 is 0 Å². The molecule has 2 aliphatic rings. The average molecular weight is 216 g/mol. The zero-order valence-electron chi connectivity index (χ0n) is 8.49. The van der Waals surface area contributed by atoms with Crippen molar-refractivity contribution in [2.24, 2.45) is 11.8 Å². The molecule has 0 N–H and O–H groups in total. The molecule has 4 heteroatoms. The van der Waals surface area contributed by atoms with Crippen molar-refractivity contribution in [3.63, 3.8) is 0 Å². The Bertz CT molecular complexity index is 212. The van der Waals surface area contributed by atoms with E-state index >= 15 is 0 Å². The van der Waals surface area contributed by atoms with Crippen LogP contribution in [0, 0.1) is 11.8 Å². The molecule has 13 heavy (non-hydrogen) atoms. The molecule has 0 spiro atoms. The van der Waals surface area contributed by atoms with Crippen LogP contribution in [0.25, 0.3) is 0 Å². The molecule has 2 bridgehead atoms. The van der Waals surface area contributed by atoms with Crippen LogP contribution >= 0.6 is 24.4 Å². The van der Waals surface area contributed by atoms with E-state index in [1.807, 2.05) is 0 Å². The van der Waals surface area contributed by atoms with Crippen molar-refractivity contribution in [1.29, 1.82) is 0 Å². The fourth-order valence-electron chi connectivity index (χ4n) is 2.89. The van der Waals surface area contributed by atoms with E-state index in [1.54, 1.807) is 0 Å². The molecule has 2 rings (SSSR count). The molecule has 2 heterocycles. The van der Waals surface area contributed by atoms with Gasteiger partial charge in [-0.3, -0.25) is 0 Å². The Kier molecular flexibility index (Phi) is 2.67. The summed E-state index contributed by atoms with van der Waals surface area (Å²) in [6.07, 6.45) is 0. The van der Waals surface area contributed by atoms with Gasteiger partial charge in [-0.15, -0.1) is 0 Å². The maximum absolute atomic E-state index is 6.07. The molecule has 2 unspecified atom stereocenters. The lowest BCUT2D eigenvalue weighted by Crippen LogP contribution is -2.40. The molecule has 2 aliphatic heterocycles. The molecule has 0 aromatic heterocycles. The third kappa shape index (κ3) is 1.37. The summed E-state index contributed by atoms with van der Waals surface area (Å²) in [5, 5.41) is 0.715. The summed E-state index contributed by atoms with van der Waals surface area (Å²) in [4.78, 5) is 0. The first-order chi connectivity index (χ1) is 6.10. The fraction of sp³-hybridized carbons (Fsp3) is 1.00. The molecule has 0 aromatic carbocycles. The molecular formula is C9H17BOS2. The highest BCUT2D eigenvalue weighted by atomic mass is 32.2. The van der Waals surface area contributed by atoms with E-state index in [2.05, 4.69) is 46.1 Å². The Morgan fingerprint density at radius 2 is 2.38 bits per heavy atom. The van der Waals surface area contributed by atoms with Crippen molar-refractivity contribution in [3.05, 3.63) is 0 Å². The SMILES string of the molecule is B[C@@H]1O[C@@]2(CS)CSC1C2C(C)C. The standard InChI is InChI=1S/C9H17BOS2/c1-5(2)6-7-8(10)11-9(6,3-12)4-13-7/h5-8,12H,3-4,10H2,1-2H3/t6?,7?,8-,9+/m1/s1. The van der Waals surface area contributed by atoms with Crippen molar-refractivity contribution in [2.75, 3.05) is 11.5 Å². The zero-order chi connectivity index (χ0) is 9.64. The van der Waals surface area contributed by atoms with Gasteiger partial charge in [-0.2, -0.15) is 24.4 Å². The summed E-state index contributed by atoms with van der Waals surface area (Å²) >= 11 is 6.55. The first kappa shape index (κ1) is 10.2. The van der Waals surface area contributed by atoms with Gasteiger partial charge in [-0.05, 0) is 5.92 Å². The number of thiol groups is 1. The lowest BCUT2D eigenvalue weighted by atomic mass is 9.79. The number of fused-ring (bicyclic) bond motifs is 2. The number of hydrogen-bond acceptors (Lipinski definition) is 3. The summed E-state index contributed by atoms with van der Waals surface area (Å²) in [5.74, 6) is 3.46. The summed E-state index contributed by atoms with van der Waals surface area (Å²) in [5.41, 5.74) is 0.0893. The van der Waals surface area contributed by atoms with Crippen LogP contribution in [0.15, 0.2) is 0 Å². The van der Waals surface area contributed by atoms with Crippen LogP contribution in [0.2, 0.25) is 0 Å². The fourth-order valence-corrected chi connectivity index (χ4v) is 5.37. The number of rotatable bonds is 2. The van der Waals surface area contributed by atoms with Crippen LogP contribution < -0.4 is 0 Å². The van der Waals surface area contributed by atoms with E-state index in [0.717, 1.165) is 17.4 Å². The molecule has 0 aliphatic carbocycles. The van der Waals surface area contributed by atoms with Crippen molar-refractivity contribution in [1.82, 2.24) is 0 Å².